The Morgan fingerprint density at radius 3 is 2.78 bits per heavy atom. The number of benzene rings is 1. The lowest BCUT2D eigenvalue weighted by atomic mass is 10.2. The molecule has 0 fully saturated rings. The van der Waals surface area contributed by atoms with Gasteiger partial charge in [0.15, 0.2) is 0 Å². The van der Waals surface area contributed by atoms with Crippen LogP contribution in [0.25, 0.3) is 0 Å². The molecule has 1 unspecified atom stereocenters. The highest BCUT2D eigenvalue weighted by Crippen LogP contribution is 2.06. The predicted octanol–water partition coefficient (Wildman–Crippen LogP) is 2.55. The molecule has 2 aromatic heterocycles. The Balaban J connectivity index is 1.48. The molecule has 1 aromatic carbocycles. The van der Waals surface area contributed by atoms with E-state index in [9.17, 15) is 0 Å². The van der Waals surface area contributed by atoms with Crippen molar-refractivity contribution in [1.82, 2.24) is 24.4 Å². The van der Waals surface area contributed by atoms with Crippen molar-refractivity contribution in [2.75, 3.05) is 6.54 Å². The predicted molar refractivity (Wildman–Crippen MR) is 90.9 cm³/mol. The van der Waals surface area contributed by atoms with Crippen molar-refractivity contribution in [2.24, 2.45) is 5.92 Å². The Kier molecular flexibility index (Phi) is 5.21. The summed E-state index contributed by atoms with van der Waals surface area (Å²) in [6.45, 7) is 5.82. The van der Waals surface area contributed by atoms with E-state index in [-0.39, 0.29) is 0 Å². The summed E-state index contributed by atoms with van der Waals surface area (Å²) in [5.41, 5.74) is 1.29. The molecular formula is C18H23N5. The van der Waals surface area contributed by atoms with Crippen LogP contribution in [0.4, 0.5) is 0 Å². The Bertz CT molecular complexity index is 687. The number of imidazole rings is 2. The molecule has 0 spiro atoms. The van der Waals surface area contributed by atoms with Gasteiger partial charge < -0.3 is 14.5 Å². The largest absolute Gasteiger partial charge is 0.337 e. The summed E-state index contributed by atoms with van der Waals surface area (Å²) in [6.07, 6.45) is 9.60. The quantitative estimate of drug-likeness (QED) is 0.695. The summed E-state index contributed by atoms with van der Waals surface area (Å²) in [4.78, 5) is 8.55. The highest BCUT2D eigenvalue weighted by Gasteiger charge is 2.06. The average molecular weight is 309 g/mol. The minimum absolute atomic E-state index is 0.543. The highest BCUT2D eigenvalue weighted by molar-refractivity contribution is 5.15. The number of hydrogen-bond donors (Lipinski definition) is 1. The number of nitrogens with zero attached hydrogens (tertiary/aromatic N) is 4. The van der Waals surface area contributed by atoms with E-state index in [4.69, 9.17) is 0 Å². The second kappa shape index (κ2) is 7.74. The Morgan fingerprint density at radius 2 is 2.00 bits per heavy atom. The fourth-order valence-corrected chi connectivity index (χ4v) is 2.68. The number of rotatable bonds is 8. The minimum atomic E-state index is 0.543. The Hall–Kier alpha value is -2.40. The van der Waals surface area contributed by atoms with Gasteiger partial charge in [0, 0.05) is 37.9 Å². The van der Waals surface area contributed by atoms with Gasteiger partial charge in [-0.3, -0.25) is 0 Å². The zero-order valence-electron chi connectivity index (χ0n) is 13.5. The van der Waals surface area contributed by atoms with Gasteiger partial charge in [0.1, 0.15) is 5.82 Å². The first kappa shape index (κ1) is 15.5. The van der Waals surface area contributed by atoms with Gasteiger partial charge in [-0.25, -0.2) is 9.97 Å². The van der Waals surface area contributed by atoms with Crippen molar-refractivity contribution in [3.63, 3.8) is 0 Å². The van der Waals surface area contributed by atoms with Crippen molar-refractivity contribution in [3.05, 3.63) is 72.8 Å². The molecule has 0 radical (unpaired) electrons. The van der Waals surface area contributed by atoms with Crippen molar-refractivity contribution in [1.29, 1.82) is 0 Å². The van der Waals surface area contributed by atoms with Crippen LogP contribution in [0.2, 0.25) is 0 Å². The second-order valence-electron chi connectivity index (χ2n) is 5.95. The van der Waals surface area contributed by atoms with Crippen LogP contribution >= 0.6 is 0 Å². The molecule has 3 rings (SSSR count). The van der Waals surface area contributed by atoms with Gasteiger partial charge in [-0.2, -0.15) is 0 Å². The standard InChI is InChI=1S/C18H23N5/c1-16(13-22-9-7-19-15-22)11-20-12-18-21-8-10-23(18)14-17-5-3-2-4-6-17/h2-10,15-16,20H,11-14H2,1H3. The molecule has 0 aliphatic rings. The Labute approximate surface area is 137 Å². The van der Waals surface area contributed by atoms with E-state index in [0.717, 1.165) is 32.0 Å². The summed E-state index contributed by atoms with van der Waals surface area (Å²) in [5.74, 6) is 1.62. The van der Waals surface area contributed by atoms with Crippen LogP contribution in [0, 0.1) is 5.92 Å². The lowest BCUT2D eigenvalue weighted by molar-refractivity contribution is 0.439. The zero-order chi connectivity index (χ0) is 15.9. The van der Waals surface area contributed by atoms with Gasteiger partial charge in [0.2, 0.25) is 0 Å². The third kappa shape index (κ3) is 4.53. The van der Waals surface area contributed by atoms with Gasteiger partial charge in [0.05, 0.1) is 12.9 Å². The third-order valence-electron chi connectivity index (χ3n) is 3.86. The van der Waals surface area contributed by atoms with E-state index in [1.807, 2.05) is 37.2 Å². The van der Waals surface area contributed by atoms with Crippen LogP contribution in [0.15, 0.2) is 61.4 Å². The van der Waals surface area contributed by atoms with E-state index in [1.165, 1.54) is 5.56 Å². The molecular weight excluding hydrogens is 286 g/mol. The minimum Gasteiger partial charge on any atom is -0.337 e. The molecule has 0 aliphatic carbocycles. The molecule has 120 valence electrons. The summed E-state index contributed by atoms with van der Waals surface area (Å²) in [6, 6.07) is 10.5. The fourth-order valence-electron chi connectivity index (χ4n) is 2.68. The fraction of sp³-hybridized carbons (Fsp3) is 0.333. The Morgan fingerprint density at radius 1 is 1.13 bits per heavy atom. The molecule has 1 N–H and O–H groups in total. The number of hydrogen-bond acceptors (Lipinski definition) is 3. The molecule has 0 saturated carbocycles. The molecule has 0 aliphatic heterocycles. The first-order chi connectivity index (χ1) is 11.3. The van der Waals surface area contributed by atoms with Crippen molar-refractivity contribution in [3.8, 4) is 0 Å². The zero-order valence-corrected chi connectivity index (χ0v) is 13.5. The van der Waals surface area contributed by atoms with Gasteiger partial charge in [-0.15, -0.1) is 0 Å². The van der Waals surface area contributed by atoms with Gasteiger partial charge in [-0.05, 0) is 18.0 Å². The molecule has 0 amide bonds. The highest BCUT2D eigenvalue weighted by atomic mass is 15.1. The summed E-state index contributed by atoms with van der Waals surface area (Å²) < 4.78 is 4.31. The second-order valence-corrected chi connectivity index (χ2v) is 5.95. The lowest BCUT2D eigenvalue weighted by Gasteiger charge is -2.14. The maximum absolute atomic E-state index is 4.47. The van der Waals surface area contributed by atoms with Crippen molar-refractivity contribution < 1.29 is 0 Å². The monoisotopic (exact) mass is 309 g/mol. The van der Waals surface area contributed by atoms with Crippen LogP contribution in [0.5, 0.6) is 0 Å². The molecule has 3 aromatic rings. The first-order valence-electron chi connectivity index (χ1n) is 8.01. The van der Waals surface area contributed by atoms with Gasteiger partial charge in [-0.1, -0.05) is 37.3 Å². The molecule has 5 nitrogen and oxygen atoms in total. The van der Waals surface area contributed by atoms with E-state index in [1.54, 1.807) is 0 Å². The molecule has 0 saturated heterocycles. The molecule has 5 heteroatoms. The number of nitrogens with one attached hydrogen (secondary N) is 1. The number of aromatic nitrogens is 4. The smallest absolute Gasteiger partial charge is 0.122 e. The van der Waals surface area contributed by atoms with Gasteiger partial charge in [0.25, 0.3) is 0 Å². The maximum atomic E-state index is 4.47. The summed E-state index contributed by atoms with van der Waals surface area (Å²) in [7, 11) is 0. The summed E-state index contributed by atoms with van der Waals surface area (Å²) in [5, 5.41) is 3.51. The first-order valence-corrected chi connectivity index (χ1v) is 8.01. The van der Waals surface area contributed by atoms with Crippen molar-refractivity contribution in [2.45, 2.75) is 26.6 Å². The van der Waals surface area contributed by atoms with Crippen molar-refractivity contribution >= 4 is 0 Å². The lowest BCUT2D eigenvalue weighted by Crippen LogP contribution is -2.25. The van der Waals surface area contributed by atoms with Crippen LogP contribution in [0.3, 0.4) is 0 Å². The van der Waals surface area contributed by atoms with E-state index < -0.39 is 0 Å². The van der Waals surface area contributed by atoms with Crippen LogP contribution in [-0.2, 0) is 19.6 Å². The SMILES string of the molecule is CC(CNCc1nccn1Cc1ccccc1)Cn1ccnc1. The van der Waals surface area contributed by atoms with Crippen LogP contribution < -0.4 is 5.32 Å². The maximum Gasteiger partial charge on any atom is 0.122 e. The summed E-state index contributed by atoms with van der Waals surface area (Å²) >= 11 is 0. The third-order valence-corrected chi connectivity index (χ3v) is 3.86. The van der Waals surface area contributed by atoms with Gasteiger partial charge >= 0.3 is 0 Å². The van der Waals surface area contributed by atoms with E-state index >= 15 is 0 Å². The molecule has 2 heterocycles. The molecule has 1 atom stereocenters. The normalized spacial score (nSPS) is 12.4. The van der Waals surface area contributed by atoms with E-state index in [2.05, 4.69) is 55.6 Å². The van der Waals surface area contributed by atoms with E-state index in [0.29, 0.717) is 5.92 Å². The molecule has 0 bridgehead atoms. The topological polar surface area (TPSA) is 47.7 Å². The van der Waals surface area contributed by atoms with Crippen LogP contribution in [0.1, 0.15) is 18.3 Å². The average Bonchev–Trinajstić information content (AvgIpc) is 3.21. The molecule has 23 heavy (non-hydrogen) atoms. The van der Waals surface area contributed by atoms with Crippen LogP contribution in [-0.4, -0.2) is 25.6 Å².